The highest BCUT2D eigenvalue weighted by atomic mass is 16.5. The molecule has 1 amide bonds. The molecule has 0 radical (unpaired) electrons. The highest BCUT2D eigenvalue weighted by molar-refractivity contribution is 6.07. The lowest BCUT2D eigenvalue weighted by molar-refractivity contribution is 0.0790. The molecular weight excluding hydrogens is 320 g/mol. The van der Waals surface area contributed by atoms with E-state index in [9.17, 15) is 9.59 Å². The molecule has 1 aromatic heterocycles. The Morgan fingerprint density at radius 1 is 1.32 bits per heavy atom. The van der Waals surface area contributed by atoms with Crippen LogP contribution in [0.5, 0.6) is 11.5 Å². The number of aromatic amines is 1. The number of aromatic nitrogens is 1. The van der Waals surface area contributed by atoms with Crippen LogP contribution in [0.1, 0.15) is 44.9 Å². The van der Waals surface area contributed by atoms with E-state index in [1.807, 2.05) is 6.07 Å². The van der Waals surface area contributed by atoms with Gasteiger partial charge in [0.2, 0.25) is 0 Å². The van der Waals surface area contributed by atoms with Crippen LogP contribution >= 0.6 is 0 Å². The normalized spacial score (nSPS) is 18.8. The molecule has 1 aromatic carbocycles. The third-order valence-corrected chi connectivity index (χ3v) is 4.84. The van der Waals surface area contributed by atoms with E-state index >= 15 is 0 Å². The summed E-state index contributed by atoms with van der Waals surface area (Å²) in [6, 6.07) is 6.37. The molecule has 0 bridgehead atoms. The summed E-state index contributed by atoms with van der Waals surface area (Å²) in [4.78, 5) is 28.4. The molecule has 0 spiro atoms. The van der Waals surface area contributed by atoms with Crippen molar-refractivity contribution in [1.29, 1.82) is 0 Å². The van der Waals surface area contributed by atoms with E-state index in [4.69, 9.17) is 9.47 Å². The number of amides is 1. The monoisotopic (exact) mass is 340 g/mol. The van der Waals surface area contributed by atoms with E-state index in [2.05, 4.69) is 10.3 Å². The highest BCUT2D eigenvalue weighted by Gasteiger charge is 2.32. The molecule has 25 heavy (non-hydrogen) atoms. The zero-order chi connectivity index (χ0) is 17.4. The molecule has 4 rings (SSSR count). The van der Waals surface area contributed by atoms with Gasteiger partial charge in [0.05, 0.1) is 12.7 Å². The van der Waals surface area contributed by atoms with Gasteiger partial charge in [-0.3, -0.25) is 9.59 Å². The smallest absolute Gasteiger partial charge is 0.268 e. The average molecular weight is 340 g/mol. The number of H-pyrrole nitrogens is 1. The maximum absolute atomic E-state index is 12.7. The maximum atomic E-state index is 12.7. The Labute approximate surface area is 145 Å². The van der Waals surface area contributed by atoms with E-state index in [1.165, 1.54) is 12.7 Å². The number of ketones is 1. The van der Waals surface area contributed by atoms with Crippen molar-refractivity contribution in [3.63, 3.8) is 0 Å². The molecule has 2 aromatic rings. The fraction of sp³-hybridized carbons (Fsp3) is 0.368. The minimum absolute atomic E-state index is 0.0956. The van der Waals surface area contributed by atoms with Crippen molar-refractivity contribution in [2.45, 2.75) is 31.7 Å². The quantitative estimate of drug-likeness (QED) is 0.898. The molecule has 6 heteroatoms. The van der Waals surface area contributed by atoms with Gasteiger partial charge in [0, 0.05) is 5.69 Å². The van der Waals surface area contributed by atoms with Crippen LogP contribution in [0.2, 0.25) is 0 Å². The number of carbonyl (C=O) groups excluding carboxylic acids is 2. The fourth-order valence-electron chi connectivity index (χ4n) is 3.52. The zero-order valence-corrected chi connectivity index (χ0v) is 14.1. The van der Waals surface area contributed by atoms with Crippen molar-refractivity contribution in [3.05, 3.63) is 46.8 Å². The Morgan fingerprint density at radius 3 is 2.96 bits per heavy atom. The first-order chi connectivity index (χ1) is 12.2. The third kappa shape index (κ3) is 2.77. The average Bonchev–Trinajstić information content (AvgIpc) is 3.08. The summed E-state index contributed by atoms with van der Waals surface area (Å²) in [7, 11) is 1.53. The van der Waals surface area contributed by atoms with Gasteiger partial charge in [-0.25, -0.2) is 0 Å². The van der Waals surface area contributed by atoms with Crippen molar-refractivity contribution in [2.24, 2.45) is 0 Å². The van der Waals surface area contributed by atoms with Gasteiger partial charge in [0.15, 0.2) is 17.3 Å². The van der Waals surface area contributed by atoms with Crippen LogP contribution in [0.3, 0.4) is 0 Å². The van der Waals surface area contributed by atoms with Gasteiger partial charge in [-0.15, -0.1) is 0 Å². The summed E-state index contributed by atoms with van der Waals surface area (Å²) in [6.07, 6.45) is 4.26. The van der Waals surface area contributed by atoms with Crippen LogP contribution in [0.15, 0.2) is 24.3 Å². The van der Waals surface area contributed by atoms with Gasteiger partial charge in [-0.2, -0.15) is 0 Å². The Morgan fingerprint density at radius 2 is 2.16 bits per heavy atom. The van der Waals surface area contributed by atoms with Crippen LogP contribution in [-0.4, -0.2) is 36.4 Å². The number of aryl methyl sites for hydroxylation is 2. The second kappa shape index (κ2) is 6.27. The molecule has 2 heterocycles. The van der Waals surface area contributed by atoms with Crippen LogP contribution in [-0.2, 0) is 12.8 Å². The zero-order valence-electron chi connectivity index (χ0n) is 14.1. The van der Waals surface area contributed by atoms with Crippen molar-refractivity contribution in [1.82, 2.24) is 10.3 Å². The minimum Gasteiger partial charge on any atom is -0.493 e. The summed E-state index contributed by atoms with van der Waals surface area (Å²) >= 11 is 0. The predicted molar refractivity (Wildman–Crippen MR) is 91.5 cm³/mol. The molecule has 0 saturated carbocycles. The Balaban J connectivity index is 1.52. The second-order valence-electron chi connectivity index (χ2n) is 6.43. The summed E-state index contributed by atoms with van der Waals surface area (Å²) in [5.41, 5.74) is 3.29. The lowest BCUT2D eigenvalue weighted by atomic mass is 9.98. The maximum Gasteiger partial charge on any atom is 0.268 e. The van der Waals surface area contributed by atoms with Gasteiger partial charge < -0.3 is 19.8 Å². The lowest BCUT2D eigenvalue weighted by Crippen LogP contribution is -2.47. The molecule has 1 unspecified atom stereocenters. The first-order valence-corrected chi connectivity index (χ1v) is 8.53. The number of ether oxygens (including phenoxy) is 2. The second-order valence-corrected chi connectivity index (χ2v) is 6.43. The Hall–Kier alpha value is -2.76. The Bertz CT molecular complexity index is 816. The summed E-state index contributed by atoms with van der Waals surface area (Å²) in [5.74, 6) is 0.524. The van der Waals surface area contributed by atoms with E-state index in [-0.39, 0.29) is 18.3 Å². The highest BCUT2D eigenvalue weighted by Crippen LogP contribution is 2.34. The molecule has 1 aliphatic carbocycles. The SMILES string of the molecule is COc1cccc2c1OCC(NC(=O)c1cc3c([nH]1)CCCC3)C2=O. The molecule has 1 atom stereocenters. The van der Waals surface area contributed by atoms with Gasteiger partial charge in [0.1, 0.15) is 18.3 Å². The number of Topliss-reactive ketones (excluding diaryl/α,β-unsaturated/α-hetero) is 1. The van der Waals surface area contributed by atoms with Crippen LogP contribution in [0.4, 0.5) is 0 Å². The standard InChI is InChI=1S/C19H20N2O4/c1-24-16-8-4-6-12-17(22)15(10-25-18(12)16)21-19(23)14-9-11-5-2-3-7-13(11)20-14/h4,6,8-9,15,20H,2-3,5,7,10H2,1H3,(H,21,23). The molecular formula is C19H20N2O4. The van der Waals surface area contributed by atoms with Crippen molar-refractivity contribution < 1.29 is 19.1 Å². The van der Waals surface area contributed by atoms with Gasteiger partial charge in [0.25, 0.3) is 5.91 Å². The number of hydrogen-bond donors (Lipinski definition) is 2. The minimum atomic E-state index is -0.701. The Kier molecular flexibility index (Phi) is 3.95. The molecule has 1 aliphatic heterocycles. The van der Waals surface area contributed by atoms with Crippen molar-refractivity contribution in [3.8, 4) is 11.5 Å². The number of rotatable bonds is 3. The number of carbonyl (C=O) groups is 2. The van der Waals surface area contributed by atoms with Crippen molar-refractivity contribution >= 4 is 11.7 Å². The van der Waals surface area contributed by atoms with E-state index in [1.54, 1.807) is 18.2 Å². The molecule has 2 N–H and O–H groups in total. The molecule has 0 saturated heterocycles. The molecule has 6 nitrogen and oxygen atoms in total. The predicted octanol–water partition coefficient (Wildman–Crippen LogP) is 2.28. The van der Waals surface area contributed by atoms with Gasteiger partial charge in [-0.1, -0.05) is 6.07 Å². The number of hydrogen-bond acceptors (Lipinski definition) is 4. The number of fused-ring (bicyclic) bond motifs is 2. The van der Waals surface area contributed by atoms with Crippen LogP contribution in [0, 0.1) is 0 Å². The lowest BCUT2D eigenvalue weighted by Gasteiger charge is -2.25. The first kappa shape index (κ1) is 15.7. The van der Waals surface area contributed by atoms with Crippen LogP contribution < -0.4 is 14.8 Å². The number of methoxy groups -OCH3 is 1. The third-order valence-electron chi connectivity index (χ3n) is 4.84. The number of nitrogens with one attached hydrogen (secondary N) is 2. The first-order valence-electron chi connectivity index (χ1n) is 8.53. The largest absolute Gasteiger partial charge is 0.493 e. The summed E-state index contributed by atoms with van der Waals surface area (Å²) in [6.45, 7) is 0.0956. The molecule has 130 valence electrons. The number of para-hydroxylation sites is 1. The van der Waals surface area contributed by atoms with Crippen LogP contribution in [0.25, 0.3) is 0 Å². The number of benzene rings is 1. The molecule has 2 aliphatic rings. The van der Waals surface area contributed by atoms with Crippen molar-refractivity contribution in [2.75, 3.05) is 13.7 Å². The van der Waals surface area contributed by atoms with E-state index < -0.39 is 6.04 Å². The topological polar surface area (TPSA) is 80.4 Å². The molecule has 0 fully saturated rings. The summed E-state index contributed by atoms with van der Waals surface area (Å²) in [5, 5.41) is 2.79. The van der Waals surface area contributed by atoms with E-state index in [0.29, 0.717) is 22.8 Å². The van der Waals surface area contributed by atoms with Gasteiger partial charge in [-0.05, 0) is 49.4 Å². The fourth-order valence-corrected chi connectivity index (χ4v) is 3.52. The summed E-state index contributed by atoms with van der Waals surface area (Å²) < 4.78 is 10.9. The van der Waals surface area contributed by atoms with Gasteiger partial charge >= 0.3 is 0 Å². The van der Waals surface area contributed by atoms with E-state index in [0.717, 1.165) is 31.4 Å².